The molecule has 0 saturated carbocycles. The summed E-state index contributed by atoms with van der Waals surface area (Å²) in [5, 5.41) is 10.1. The highest BCUT2D eigenvalue weighted by molar-refractivity contribution is 5.85. The number of benzene rings is 1. The first-order chi connectivity index (χ1) is 10.5. The zero-order chi connectivity index (χ0) is 15.9. The van der Waals surface area contributed by atoms with Crippen molar-refractivity contribution in [2.24, 2.45) is 11.7 Å². The molecule has 0 amide bonds. The molecule has 1 aliphatic heterocycles. The molecule has 0 aliphatic carbocycles. The van der Waals surface area contributed by atoms with E-state index in [1.807, 2.05) is 26.0 Å². The van der Waals surface area contributed by atoms with Crippen LogP contribution in [0, 0.1) is 17.2 Å². The van der Waals surface area contributed by atoms with Gasteiger partial charge in [-0.2, -0.15) is 5.26 Å². The molecule has 0 unspecified atom stereocenters. The van der Waals surface area contributed by atoms with Gasteiger partial charge >= 0.3 is 5.63 Å². The van der Waals surface area contributed by atoms with Crippen molar-refractivity contribution in [2.45, 2.75) is 26.2 Å². The monoisotopic (exact) mass is 296 g/mol. The molecule has 1 aromatic carbocycles. The number of ether oxygens (including phenoxy) is 1. The van der Waals surface area contributed by atoms with Gasteiger partial charge in [0.2, 0.25) is 5.88 Å². The van der Waals surface area contributed by atoms with Crippen LogP contribution in [0.2, 0.25) is 0 Å². The van der Waals surface area contributed by atoms with Crippen LogP contribution < -0.4 is 16.1 Å². The molecule has 5 heteroatoms. The summed E-state index contributed by atoms with van der Waals surface area (Å²) in [6, 6.07) is 9.21. The summed E-state index contributed by atoms with van der Waals surface area (Å²) in [5.41, 5.74) is 6.57. The number of nitriles is 1. The third-order valence-corrected chi connectivity index (χ3v) is 3.80. The number of nitrogens with zero attached hydrogens (tertiary/aromatic N) is 1. The van der Waals surface area contributed by atoms with E-state index in [1.165, 1.54) is 0 Å². The second-order valence-corrected chi connectivity index (χ2v) is 5.80. The van der Waals surface area contributed by atoms with Gasteiger partial charge in [-0.3, -0.25) is 0 Å². The summed E-state index contributed by atoms with van der Waals surface area (Å²) in [4.78, 5) is 12.4. The van der Waals surface area contributed by atoms with Gasteiger partial charge in [0, 0.05) is 5.92 Å². The lowest BCUT2D eigenvalue weighted by Crippen LogP contribution is -2.26. The van der Waals surface area contributed by atoms with Crippen LogP contribution in [0.1, 0.15) is 31.7 Å². The number of nitrogens with two attached hydrogens (primary N) is 1. The summed E-state index contributed by atoms with van der Waals surface area (Å²) in [6.45, 7) is 4.06. The number of hydrogen-bond acceptors (Lipinski definition) is 5. The average Bonchev–Trinajstić information content (AvgIpc) is 2.46. The van der Waals surface area contributed by atoms with Crippen molar-refractivity contribution in [3.05, 3.63) is 51.7 Å². The van der Waals surface area contributed by atoms with Gasteiger partial charge < -0.3 is 14.9 Å². The summed E-state index contributed by atoms with van der Waals surface area (Å²) < 4.78 is 11.0. The molecule has 2 aromatic rings. The number of fused-ring (bicyclic) bond motifs is 3. The molecule has 0 bridgehead atoms. The molecule has 2 heterocycles. The standard InChI is InChI=1S/C17H16N2O3/c1-9(2)7-11-12(8-18)16(19)22-15-10-5-3-4-6-13(10)21-17(20)14(11)15/h3-6,9,11H,7,19H2,1-2H3/t11-/m0/s1. The maximum atomic E-state index is 12.4. The molecule has 5 nitrogen and oxygen atoms in total. The molecule has 0 radical (unpaired) electrons. The van der Waals surface area contributed by atoms with Gasteiger partial charge in [-0.25, -0.2) is 4.79 Å². The minimum Gasteiger partial charge on any atom is -0.439 e. The topological polar surface area (TPSA) is 89.3 Å². The van der Waals surface area contributed by atoms with Crippen LogP contribution in [0.5, 0.6) is 5.75 Å². The van der Waals surface area contributed by atoms with Crippen molar-refractivity contribution in [1.82, 2.24) is 0 Å². The molecule has 1 atom stereocenters. The van der Waals surface area contributed by atoms with Crippen LogP contribution in [0.15, 0.2) is 44.9 Å². The van der Waals surface area contributed by atoms with E-state index in [0.29, 0.717) is 34.3 Å². The summed E-state index contributed by atoms with van der Waals surface area (Å²) >= 11 is 0. The van der Waals surface area contributed by atoms with Crippen molar-refractivity contribution in [1.29, 1.82) is 5.26 Å². The van der Waals surface area contributed by atoms with Gasteiger partial charge in [-0.15, -0.1) is 0 Å². The first-order valence-corrected chi connectivity index (χ1v) is 7.16. The number of allylic oxidation sites excluding steroid dienone is 1. The SMILES string of the molecule is CC(C)C[C@H]1C(C#N)=C(N)Oc2c1c(=O)oc1ccccc21. The highest BCUT2D eigenvalue weighted by Gasteiger charge is 2.34. The third-order valence-electron chi connectivity index (χ3n) is 3.80. The van der Waals surface area contributed by atoms with E-state index < -0.39 is 11.5 Å². The Balaban J connectivity index is 2.33. The fourth-order valence-corrected chi connectivity index (χ4v) is 2.87. The molecular formula is C17H16N2O3. The van der Waals surface area contributed by atoms with Crippen molar-refractivity contribution in [3.8, 4) is 11.8 Å². The summed E-state index contributed by atoms with van der Waals surface area (Å²) in [7, 11) is 0. The van der Waals surface area contributed by atoms with Crippen molar-refractivity contribution < 1.29 is 9.15 Å². The molecule has 0 spiro atoms. The fourth-order valence-electron chi connectivity index (χ4n) is 2.87. The number of hydrogen-bond donors (Lipinski definition) is 1. The van der Waals surface area contributed by atoms with E-state index in [-0.39, 0.29) is 11.8 Å². The highest BCUT2D eigenvalue weighted by Crippen LogP contribution is 2.42. The van der Waals surface area contributed by atoms with Gasteiger partial charge in [0.15, 0.2) is 5.75 Å². The average molecular weight is 296 g/mol. The first kappa shape index (κ1) is 14.2. The Morgan fingerprint density at radius 1 is 1.36 bits per heavy atom. The Bertz CT molecular complexity index is 872. The Hall–Kier alpha value is -2.74. The number of rotatable bonds is 2. The van der Waals surface area contributed by atoms with Crippen LogP contribution in [0.25, 0.3) is 11.0 Å². The quantitative estimate of drug-likeness (QED) is 0.860. The minimum absolute atomic E-state index is 0.0661. The van der Waals surface area contributed by atoms with Crippen molar-refractivity contribution in [2.75, 3.05) is 0 Å². The maximum absolute atomic E-state index is 12.4. The Kier molecular flexibility index (Phi) is 3.38. The third kappa shape index (κ3) is 2.13. The molecule has 0 saturated heterocycles. The maximum Gasteiger partial charge on any atom is 0.343 e. The van der Waals surface area contributed by atoms with E-state index >= 15 is 0 Å². The predicted molar refractivity (Wildman–Crippen MR) is 82.1 cm³/mol. The lowest BCUT2D eigenvalue weighted by Gasteiger charge is -2.26. The van der Waals surface area contributed by atoms with Crippen LogP contribution in [-0.2, 0) is 0 Å². The van der Waals surface area contributed by atoms with Crippen LogP contribution in [0.3, 0.4) is 0 Å². The lowest BCUT2D eigenvalue weighted by atomic mass is 9.83. The lowest BCUT2D eigenvalue weighted by molar-refractivity contribution is 0.370. The second kappa shape index (κ2) is 5.23. The van der Waals surface area contributed by atoms with Crippen LogP contribution in [0.4, 0.5) is 0 Å². The molecule has 22 heavy (non-hydrogen) atoms. The highest BCUT2D eigenvalue weighted by atomic mass is 16.5. The summed E-state index contributed by atoms with van der Waals surface area (Å²) in [6.07, 6.45) is 0.628. The van der Waals surface area contributed by atoms with Gasteiger partial charge in [-0.05, 0) is 24.5 Å². The minimum atomic E-state index is -0.473. The molecule has 112 valence electrons. The van der Waals surface area contributed by atoms with Gasteiger partial charge in [-0.1, -0.05) is 26.0 Å². The molecular weight excluding hydrogens is 280 g/mol. The van der Waals surface area contributed by atoms with Gasteiger partial charge in [0.05, 0.1) is 16.5 Å². The molecule has 2 N–H and O–H groups in total. The molecule has 0 fully saturated rings. The van der Waals surface area contributed by atoms with Gasteiger partial charge in [0.1, 0.15) is 11.7 Å². The zero-order valence-corrected chi connectivity index (χ0v) is 12.4. The van der Waals surface area contributed by atoms with Gasteiger partial charge in [0.25, 0.3) is 0 Å². The van der Waals surface area contributed by atoms with E-state index in [2.05, 4.69) is 6.07 Å². The second-order valence-electron chi connectivity index (χ2n) is 5.80. The molecule has 1 aromatic heterocycles. The normalized spacial score (nSPS) is 17.3. The van der Waals surface area contributed by atoms with E-state index in [1.54, 1.807) is 12.1 Å². The Labute approximate surface area is 127 Å². The van der Waals surface area contributed by atoms with Crippen LogP contribution in [-0.4, -0.2) is 0 Å². The van der Waals surface area contributed by atoms with E-state index in [0.717, 1.165) is 0 Å². The Morgan fingerprint density at radius 2 is 2.09 bits per heavy atom. The van der Waals surface area contributed by atoms with E-state index in [4.69, 9.17) is 14.9 Å². The predicted octanol–water partition coefficient (Wildman–Crippen LogP) is 3.01. The van der Waals surface area contributed by atoms with E-state index in [9.17, 15) is 10.1 Å². The number of para-hydroxylation sites is 1. The smallest absolute Gasteiger partial charge is 0.343 e. The zero-order valence-electron chi connectivity index (χ0n) is 12.4. The Morgan fingerprint density at radius 3 is 2.77 bits per heavy atom. The largest absolute Gasteiger partial charge is 0.439 e. The van der Waals surface area contributed by atoms with Crippen LogP contribution >= 0.6 is 0 Å². The molecule has 3 rings (SSSR count). The first-order valence-electron chi connectivity index (χ1n) is 7.16. The summed E-state index contributed by atoms with van der Waals surface area (Å²) in [5.74, 6) is 0.373. The molecule has 1 aliphatic rings. The van der Waals surface area contributed by atoms with Crippen molar-refractivity contribution >= 4 is 11.0 Å². The van der Waals surface area contributed by atoms with Crippen molar-refractivity contribution in [3.63, 3.8) is 0 Å². The fraction of sp³-hybridized carbons (Fsp3) is 0.294.